The van der Waals surface area contributed by atoms with E-state index < -0.39 is 5.60 Å². The molecule has 1 fully saturated rings. The zero-order valence-corrected chi connectivity index (χ0v) is 15.3. The lowest BCUT2D eigenvalue weighted by Gasteiger charge is -2.25. The lowest BCUT2D eigenvalue weighted by molar-refractivity contribution is -0.117. The zero-order chi connectivity index (χ0) is 17.6. The van der Waals surface area contributed by atoms with Gasteiger partial charge < -0.3 is 10.4 Å². The second-order valence-electron chi connectivity index (χ2n) is 7.40. The van der Waals surface area contributed by atoms with E-state index in [4.69, 9.17) is 0 Å². The molecular weight excluding hydrogens is 300 g/mol. The lowest BCUT2D eigenvalue weighted by atomic mass is 9.98. The third-order valence-corrected chi connectivity index (χ3v) is 5.28. The first-order valence-electron chi connectivity index (χ1n) is 9.22. The Kier molecular flexibility index (Phi) is 6.81. The van der Waals surface area contributed by atoms with E-state index in [9.17, 15) is 9.90 Å². The van der Waals surface area contributed by atoms with E-state index in [1.807, 2.05) is 24.1 Å². The van der Waals surface area contributed by atoms with Gasteiger partial charge in [0.25, 0.3) is 0 Å². The van der Waals surface area contributed by atoms with Crippen molar-refractivity contribution in [3.05, 3.63) is 29.8 Å². The number of hydrogen-bond acceptors (Lipinski definition) is 3. The van der Waals surface area contributed by atoms with Crippen LogP contribution in [-0.4, -0.2) is 41.7 Å². The minimum Gasteiger partial charge on any atom is -0.390 e. The summed E-state index contributed by atoms with van der Waals surface area (Å²) in [6.45, 7) is 5.49. The van der Waals surface area contributed by atoms with Gasteiger partial charge in [-0.3, -0.25) is 9.69 Å². The number of anilines is 1. The summed E-state index contributed by atoms with van der Waals surface area (Å²) in [7, 11) is 1.93. The van der Waals surface area contributed by atoms with Crippen LogP contribution < -0.4 is 5.32 Å². The Morgan fingerprint density at radius 1 is 1.29 bits per heavy atom. The molecule has 1 amide bonds. The molecule has 0 aromatic heterocycles. The maximum absolute atomic E-state index is 12.2. The first-order valence-corrected chi connectivity index (χ1v) is 9.22. The quantitative estimate of drug-likeness (QED) is 0.762. The average Bonchev–Trinajstić information content (AvgIpc) is 3.00. The van der Waals surface area contributed by atoms with Gasteiger partial charge in [-0.2, -0.15) is 0 Å². The van der Waals surface area contributed by atoms with Crippen molar-refractivity contribution in [3.63, 3.8) is 0 Å². The van der Waals surface area contributed by atoms with Gasteiger partial charge in [0.15, 0.2) is 0 Å². The maximum atomic E-state index is 12.2. The van der Waals surface area contributed by atoms with Crippen LogP contribution in [0.15, 0.2) is 24.3 Å². The summed E-state index contributed by atoms with van der Waals surface area (Å²) in [5, 5.41) is 13.3. The van der Waals surface area contributed by atoms with Crippen LogP contribution in [-0.2, 0) is 4.79 Å². The van der Waals surface area contributed by atoms with Gasteiger partial charge in [0.2, 0.25) is 5.91 Å². The van der Waals surface area contributed by atoms with Crippen molar-refractivity contribution >= 4 is 11.6 Å². The van der Waals surface area contributed by atoms with Gasteiger partial charge in [0, 0.05) is 12.2 Å². The monoisotopic (exact) mass is 332 g/mol. The number of rotatable bonds is 8. The van der Waals surface area contributed by atoms with E-state index in [1.54, 1.807) is 0 Å². The van der Waals surface area contributed by atoms with Crippen LogP contribution in [0.1, 0.15) is 63.9 Å². The Morgan fingerprint density at radius 3 is 2.50 bits per heavy atom. The van der Waals surface area contributed by atoms with E-state index in [0.717, 1.165) is 50.8 Å². The Hall–Kier alpha value is -1.39. The largest absolute Gasteiger partial charge is 0.390 e. The molecule has 0 radical (unpaired) electrons. The Balaban J connectivity index is 1.75. The summed E-state index contributed by atoms with van der Waals surface area (Å²) in [4.78, 5) is 14.1. The van der Waals surface area contributed by atoms with Gasteiger partial charge >= 0.3 is 0 Å². The molecule has 24 heavy (non-hydrogen) atoms. The highest BCUT2D eigenvalue weighted by molar-refractivity contribution is 5.92. The highest BCUT2D eigenvalue weighted by Gasteiger charge is 2.30. The van der Waals surface area contributed by atoms with Crippen LogP contribution in [0, 0.1) is 0 Å². The van der Waals surface area contributed by atoms with Crippen LogP contribution in [0.2, 0.25) is 0 Å². The lowest BCUT2D eigenvalue weighted by Crippen LogP contribution is -2.35. The van der Waals surface area contributed by atoms with E-state index in [2.05, 4.69) is 31.3 Å². The molecule has 0 spiro atoms. The molecule has 2 rings (SSSR count). The molecule has 1 aliphatic carbocycles. The van der Waals surface area contributed by atoms with E-state index in [1.165, 1.54) is 5.56 Å². The van der Waals surface area contributed by atoms with Crippen molar-refractivity contribution in [2.75, 3.05) is 25.5 Å². The standard InChI is InChI=1S/C20H32N2O2/c1-4-16(2)17-7-9-18(10-8-17)21-19(23)15-22(3)14-13-20(24)11-5-6-12-20/h7-10,16,24H,4-6,11-15H2,1-3H3,(H,21,23)/t16-/m0/s1. The van der Waals surface area contributed by atoms with Crippen molar-refractivity contribution in [2.45, 2.75) is 63.9 Å². The third kappa shape index (κ3) is 5.60. The molecular formula is C20H32N2O2. The topological polar surface area (TPSA) is 52.6 Å². The molecule has 0 aliphatic heterocycles. The number of hydrogen-bond donors (Lipinski definition) is 2. The van der Waals surface area contributed by atoms with E-state index in [0.29, 0.717) is 12.5 Å². The number of carbonyl (C=O) groups is 1. The third-order valence-electron chi connectivity index (χ3n) is 5.28. The van der Waals surface area contributed by atoms with Crippen molar-refractivity contribution < 1.29 is 9.90 Å². The van der Waals surface area contributed by atoms with Crippen LogP contribution in [0.5, 0.6) is 0 Å². The minimum atomic E-state index is -0.503. The number of nitrogens with zero attached hydrogens (tertiary/aromatic N) is 1. The van der Waals surface area contributed by atoms with Gasteiger partial charge in [0.1, 0.15) is 0 Å². The zero-order valence-electron chi connectivity index (χ0n) is 15.3. The summed E-state index contributed by atoms with van der Waals surface area (Å²) in [5.74, 6) is 0.537. The Labute approximate surface area is 146 Å². The molecule has 1 saturated carbocycles. The fourth-order valence-electron chi connectivity index (χ4n) is 3.34. The van der Waals surface area contributed by atoms with Gasteiger partial charge in [-0.1, -0.05) is 38.8 Å². The fourth-order valence-corrected chi connectivity index (χ4v) is 3.34. The van der Waals surface area contributed by atoms with Gasteiger partial charge in [0.05, 0.1) is 12.1 Å². The van der Waals surface area contributed by atoms with Crippen LogP contribution in [0.25, 0.3) is 0 Å². The molecule has 0 unspecified atom stereocenters. The average molecular weight is 332 g/mol. The molecule has 4 heteroatoms. The maximum Gasteiger partial charge on any atom is 0.238 e. The molecule has 0 saturated heterocycles. The molecule has 134 valence electrons. The summed E-state index contributed by atoms with van der Waals surface area (Å²) < 4.78 is 0. The number of aliphatic hydroxyl groups is 1. The van der Waals surface area contributed by atoms with Crippen LogP contribution in [0.4, 0.5) is 5.69 Å². The van der Waals surface area contributed by atoms with Gasteiger partial charge in [-0.25, -0.2) is 0 Å². The summed E-state index contributed by atoms with van der Waals surface area (Å²) in [5.41, 5.74) is 1.64. The minimum absolute atomic E-state index is 0.00722. The van der Waals surface area contributed by atoms with Gasteiger partial charge in [-0.05, 0) is 56.3 Å². The van der Waals surface area contributed by atoms with Crippen LogP contribution >= 0.6 is 0 Å². The molecule has 1 aliphatic rings. The predicted octanol–water partition coefficient (Wildman–Crippen LogP) is 3.77. The molecule has 1 aromatic rings. The second-order valence-corrected chi connectivity index (χ2v) is 7.40. The number of likely N-dealkylation sites (N-methyl/N-ethyl adjacent to an activating group) is 1. The molecule has 1 aromatic carbocycles. The molecule has 4 nitrogen and oxygen atoms in total. The first kappa shape index (κ1) is 18.9. The number of nitrogens with one attached hydrogen (secondary N) is 1. The highest BCUT2D eigenvalue weighted by atomic mass is 16.3. The Bertz CT molecular complexity index is 521. The SMILES string of the molecule is CC[C@H](C)c1ccc(NC(=O)CN(C)CCC2(O)CCCC2)cc1. The first-order chi connectivity index (χ1) is 11.4. The van der Waals surface area contributed by atoms with Gasteiger partial charge in [-0.15, -0.1) is 0 Å². The number of carbonyl (C=O) groups excluding carboxylic acids is 1. The summed E-state index contributed by atoms with van der Waals surface area (Å²) in [6, 6.07) is 8.12. The van der Waals surface area contributed by atoms with Crippen LogP contribution in [0.3, 0.4) is 0 Å². The molecule has 0 heterocycles. The predicted molar refractivity (Wildman–Crippen MR) is 99.3 cm³/mol. The number of benzene rings is 1. The molecule has 2 N–H and O–H groups in total. The molecule has 0 bridgehead atoms. The summed E-state index contributed by atoms with van der Waals surface area (Å²) in [6.07, 6.45) is 5.90. The molecule has 1 atom stereocenters. The van der Waals surface area contributed by atoms with E-state index in [-0.39, 0.29) is 5.91 Å². The van der Waals surface area contributed by atoms with Crippen molar-refractivity contribution in [1.29, 1.82) is 0 Å². The Morgan fingerprint density at radius 2 is 1.92 bits per heavy atom. The smallest absolute Gasteiger partial charge is 0.238 e. The second kappa shape index (κ2) is 8.63. The fraction of sp³-hybridized carbons (Fsp3) is 0.650. The van der Waals surface area contributed by atoms with Crippen molar-refractivity contribution in [3.8, 4) is 0 Å². The van der Waals surface area contributed by atoms with Crippen molar-refractivity contribution in [2.24, 2.45) is 0 Å². The normalized spacial score (nSPS) is 17.9. The highest BCUT2D eigenvalue weighted by Crippen LogP contribution is 2.32. The summed E-state index contributed by atoms with van der Waals surface area (Å²) >= 11 is 0. The van der Waals surface area contributed by atoms with Crippen molar-refractivity contribution in [1.82, 2.24) is 4.90 Å². The number of amides is 1. The van der Waals surface area contributed by atoms with E-state index >= 15 is 0 Å².